The van der Waals surface area contributed by atoms with Gasteiger partial charge in [-0.25, -0.2) is 37.5 Å². The van der Waals surface area contributed by atoms with Crippen LogP contribution in [0, 0.1) is 0 Å². The largest absolute Gasteiger partial charge is 0.478 e. The molecule has 0 amide bonds. The zero-order valence-electron chi connectivity index (χ0n) is 58.1. The van der Waals surface area contributed by atoms with E-state index in [0.717, 1.165) is 30.0 Å². The fourth-order valence-electron chi connectivity index (χ4n) is 10.0. The summed E-state index contributed by atoms with van der Waals surface area (Å²) in [6.07, 6.45) is 5.36. The Bertz CT molecular complexity index is 3960. The summed E-state index contributed by atoms with van der Waals surface area (Å²) in [5.41, 5.74) is 3.27. The number of halogens is 11. The number of carbonyl (C=O) groups excluding carboxylic acids is 5. The zero-order valence-corrected chi connectivity index (χ0v) is 66.2. The van der Waals surface area contributed by atoms with Crippen LogP contribution < -0.4 is 0 Å². The predicted molar refractivity (Wildman–Crippen MR) is 427 cm³/mol. The molecule has 0 saturated heterocycles. The highest BCUT2D eigenvalue weighted by Crippen LogP contribution is 2.52. The SMILES string of the molecule is C.C.C.C=C(CF)c1cccc(Cl)c1C(=O)OC.C=C(C[Si](C)(C)C)c1cccc(Cl)c1C(=O)OC.C=CC[Si](C)(C)C.COC(=O)c1c(Cl)cccc1Br.COC(=O)c1c(Cl)cccc1C1(CF)CC1.COC(=O)c1c(Cl)cccc1C1(CF)CCN=N1.O=C(O)c1c(Cl)cccc1C1(CF)CC1. The van der Waals surface area contributed by atoms with Crippen molar-refractivity contribution in [2.75, 3.05) is 68.8 Å². The number of aromatic carboxylic acids is 1. The summed E-state index contributed by atoms with van der Waals surface area (Å²) in [6, 6.07) is 32.3. The van der Waals surface area contributed by atoms with E-state index in [-0.39, 0.29) is 59.6 Å². The Morgan fingerprint density at radius 2 is 0.808 bits per heavy atom. The lowest BCUT2D eigenvalue weighted by molar-refractivity contribution is 0.0588. The Morgan fingerprint density at radius 3 is 1.12 bits per heavy atom. The summed E-state index contributed by atoms with van der Waals surface area (Å²) in [5.74, 6) is -3.62. The minimum absolute atomic E-state index is 0. The van der Waals surface area contributed by atoms with E-state index >= 15 is 0 Å². The maximum atomic E-state index is 13.4. The van der Waals surface area contributed by atoms with Crippen LogP contribution >= 0.6 is 85.5 Å². The third kappa shape index (κ3) is 27.3. The van der Waals surface area contributed by atoms with E-state index in [1.165, 1.54) is 47.7 Å². The average Bonchev–Trinajstić information content (AvgIpc) is 1.60. The monoisotopic (exact) mass is 1660 g/mol. The maximum absolute atomic E-state index is 13.4. The molecule has 1 aliphatic heterocycles. The first-order chi connectivity index (χ1) is 47.5. The van der Waals surface area contributed by atoms with Gasteiger partial charge in [-0.3, -0.25) is 8.78 Å². The number of hydrogen-bond acceptors (Lipinski definition) is 13. The fraction of sp³-hybridized carbons (Fsp3) is 0.377. The normalized spacial score (nSPS) is 14.2. The third-order valence-corrected chi connectivity index (χ3v) is 21.1. The Kier molecular flexibility index (Phi) is 42.2. The summed E-state index contributed by atoms with van der Waals surface area (Å²) < 4.78 is 75.6. The summed E-state index contributed by atoms with van der Waals surface area (Å²) in [4.78, 5) is 68.7. The van der Waals surface area contributed by atoms with Crippen LogP contribution in [0.2, 0.25) is 81.5 Å². The molecule has 1 heterocycles. The minimum atomic E-state index is -1.28. The second-order valence-electron chi connectivity index (χ2n) is 25.5. The molecular weight excluding hydrogens is 1570 g/mol. The second kappa shape index (κ2) is 45.1. The van der Waals surface area contributed by atoms with Gasteiger partial charge in [0.25, 0.3) is 0 Å². The van der Waals surface area contributed by atoms with Gasteiger partial charge in [-0.15, -0.1) is 6.58 Å². The first-order valence-electron chi connectivity index (χ1n) is 31.1. The van der Waals surface area contributed by atoms with Crippen molar-refractivity contribution in [3.8, 4) is 0 Å². The van der Waals surface area contributed by atoms with Crippen LogP contribution in [0.5, 0.6) is 0 Å². The first kappa shape index (κ1) is 97.3. The molecule has 3 aliphatic rings. The Hall–Kier alpha value is -6.67. The van der Waals surface area contributed by atoms with Crippen LogP contribution in [0.3, 0.4) is 0 Å². The first-order valence-corrected chi connectivity index (χ1v) is 41.6. The quantitative estimate of drug-likeness (QED) is 0.0265. The number of azo groups is 1. The van der Waals surface area contributed by atoms with Crippen molar-refractivity contribution in [3.05, 3.63) is 231 Å². The van der Waals surface area contributed by atoms with Crippen molar-refractivity contribution in [1.29, 1.82) is 0 Å². The summed E-state index contributed by atoms with van der Waals surface area (Å²) in [5, 5.41) is 18.6. The van der Waals surface area contributed by atoms with Gasteiger partial charge in [0.1, 0.15) is 18.9 Å². The summed E-state index contributed by atoms with van der Waals surface area (Å²) in [7, 11) is 4.41. The average molecular weight is 1670 g/mol. The standard InChI is InChI=1S/C14H19ClO2Si.C12H12ClFN2O2.C12H12ClFO2.2C11H10ClFO2.C8H6BrClO2.C6H14Si.3CH4/c1-10(9-18(3,4)5)11-7-6-8-12(15)13(11)14(16)17-2;1-18-11(17)10-8(3-2-4-9(10)13)12(7-14)5-6-15-16-12;1-16-11(15)10-8(3-2-4-9(10)13)12(7-14)5-6-12;12-8-3-1-2-7(9(8)10(14)15)11(6-13)4-5-11;1-7(6-13)8-4-3-5-9(12)10(8)11(14)15-2;1-12-8(11)7-5(9)3-2-4-6(7)10;1-5-6-7(2,3)4;;;/h6-8H,1,9H2,2-5H3;2-4H,5-7H2,1H3;2-4H,5-7H2,1H3;1-3H,4-6H2,(H,14,15);3-5H,1,6H2,2H3;2-4H,1H3;5H,1,6H2,2-4H3;3*1H4. The van der Waals surface area contributed by atoms with Crippen LogP contribution in [0.15, 0.2) is 150 Å². The summed E-state index contributed by atoms with van der Waals surface area (Å²) >= 11 is 38.7. The van der Waals surface area contributed by atoms with Crippen molar-refractivity contribution in [3.63, 3.8) is 0 Å². The fourth-order valence-corrected chi connectivity index (χ4v) is 14.5. The number of hydrogen-bond donors (Lipinski definition) is 1. The van der Waals surface area contributed by atoms with Crippen LogP contribution in [-0.4, -0.2) is 126 Å². The van der Waals surface area contributed by atoms with Crippen LogP contribution in [0.25, 0.3) is 11.1 Å². The van der Waals surface area contributed by atoms with Gasteiger partial charge in [0.2, 0.25) is 0 Å². The molecule has 2 fully saturated rings. The van der Waals surface area contributed by atoms with Crippen molar-refractivity contribution < 1.29 is 75.1 Å². The maximum Gasteiger partial charge on any atom is 0.340 e. The van der Waals surface area contributed by atoms with Gasteiger partial charge >= 0.3 is 35.8 Å². The lowest BCUT2D eigenvalue weighted by Gasteiger charge is -2.23. The Labute approximate surface area is 651 Å². The minimum Gasteiger partial charge on any atom is -0.478 e. The number of esters is 5. The van der Waals surface area contributed by atoms with Crippen molar-refractivity contribution in [1.82, 2.24) is 0 Å². The highest BCUT2D eigenvalue weighted by Gasteiger charge is 2.48. The van der Waals surface area contributed by atoms with E-state index in [9.17, 15) is 46.3 Å². The highest BCUT2D eigenvalue weighted by atomic mass is 79.9. The number of rotatable bonds is 19. The molecule has 27 heteroatoms. The molecule has 1 unspecified atom stereocenters. The molecule has 0 spiro atoms. The lowest BCUT2D eigenvalue weighted by Crippen LogP contribution is -2.27. The Morgan fingerprint density at radius 1 is 0.481 bits per heavy atom. The van der Waals surface area contributed by atoms with Crippen molar-refractivity contribution in [2.45, 2.75) is 122 Å². The topological polar surface area (TPSA) is 194 Å². The third-order valence-electron chi connectivity index (χ3n) is 15.6. The molecule has 2 saturated carbocycles. The molecule has 14 nitrogen and oxygen atoms in total. The number of methoxy groups -OCH3 is 5. The van der Waals surface area contributed by atoms with E-state index < -0.39 is 95.0 Å². The van der Waals surface area contributed by atoms with Crippen LogP contribution in [-0.2, 0) is 40.1 Å². The molecule has 9 rings (SSSR count). The number of carboxylic acids is 1. The highest BCUT2D eigenvalue weighted by molar-refractivity contribution is 9.10. The van der Waals surface area contributed by atoms with Crippen molar-refractivity contribution in [2.24, 2.45) is 10.2 Å². The van der Waals surface area contributed by atoms with Gasteiger partial charge in [-0.2, -0.15) is 10.2 Å². The molecular formula is C77H95BrCl6F4N2O12Si2. The van der Waals surface area contributed by atoms with E-state index in [1.807, 2.05) is 18.2 Å². The molecule has 0 bridgehead atoms. The van der Waals surface area contributed by atoms with Crippen LogP contribution in [0.1, 0.15) is 144 Å². The summed E-state index contributed by atoms with van der Waals surface area (Å²) in [6.45, 7) is 23.1. The number of carboxylic acid groups (broad SMARTS) is 1. The molecule has 1 N–H and O–H groups in total. The molecule has 1 atom stereocenters. The van der Waals surface area contributed by atoms with E-state index in [4.69, 9.17) is 79.4 Å². The molecule has 2 aliphatic carbocycles. The van der Waals surface area contributed by atoms with Crippen LogP contribution in [0.4, 0.5) is 17.6 Å². The molecule has 104 heavy (non-hydrogen) atoms. The second-order valence-corrected chi connectivity index (χ2v) is 39.8. The molecule has 6 aromatic rings. The van der Waals surface area contributed by atoms with Gasteiger partial charge in [-0.05, 0) is 130 Å². The number of allylic oxidation sites excluding steroid dienone is 3. The molecule has 0 aromatic heterocycles. The Balaban J connectivity index is 0.00000120. The zero-order chi connectivity index (χ0) is 76.4. The lowest BCUT2D eigenvalue weighted by atomic mass is 9.86. The van der Waals surface area contributed by atoms with E-state index in [2.05, 4.69) is 104 Å². The van der Waals surface area contributed by atoms with Gasteiger partial charge in [0.15, 0.2) is 0 Å². The predicted octanol–water partition coefficient (Wildman–Crippen LogP) is 24.2. The van der Waals surface area contributed by atoms with Crippen molar-refractivity contribution >= 4 is 149 Å². The molecule has 0 radical (unpaired) electrons. The van der Waals surface area contributed by atoms with Gasteiger partial charge in [0, 0.05) is 43.4 Å². The molecule has 6 aromatic carbocycles. The van der Waals surface area contributed by atoms with E-state index in [1.54, 1.807) is 91.0 Å². The smallest absolute Gasteiger partial charge is 0.340 e. The van der Waals surface area contributed by atoms with E-state index in [0.29, 0.717) is 84.3 Å². The van der Waals surface area contributed by atoms with Gasteiger partial charge in [-0.1, -0.05) is 217 Å². The number of nitrogens with zero attached hydrogens (tertiary/aromatic N) is 2. The number of carbonyl (C=O) groups is 6. The number of ether oxygens (including phenoxy) is 5. The number of benzene rings is 6. The van der Waals surface area contributed by atoms with Gasteiger partial charge in [0.05, 0.1) is 119 Å². The van der Waals surface area contributed by atoms with Gasteiger partial charge < -0.3 is 28.8 Å². The molecule has 570 valence electrons. The number of alkyl halides is 4.